The van der Waals surface area contributed by atoms with E-state index in [-0.39, 0.29) is 18.0 Å². The Balaban J connectivity index is 2.18. The van der Waals surface area contributed by atoms with Crippen molar-refractivity contribution in [2.24, 2.45) is 0 Å². The molecule has 0 amide bonds. The van der Waals surface area contributed by atoms with Crippen molar-refractivity contribution in [2.75, 3.05) is 19.8 Å². The smallest absolute Gasteiger partial charge is 0.428 e. The lowest BCUT2D eigenvalue weighted by Crippen LogP contribution is -2.71. The fraction of sp³-hybridized carbons (Fsp3) is 0.643. The van der Waals surface area contributed by atoms with Gasteiger partial charge in [-0.3, -0.25) is 0 Å². The molecule has 0 fully saturated rings. The molecule has 5 nitrogen and oxygen atoms in total. The number of hydrogen-bond donors (Lipinski definition) is 0. The predicted molar refractivity (Wildman–Crippen MR) is 137 cm³/mol. The van der Waals surface area contributed by atoms with Gasteiger partial charge in [0.1, 0.15) is 5.75 Å². The second kappa shape index (κ2) is 15.2. The summed E-state index contributed by atoms with van der Waals surface area (Å²) in [7, 11) is 0. The molecule has 0 radical (unpaired) electrons. The van der Waals surface area contributed by atoms with Gasteiger partial charge in [-0.25, -0.2) is 9.97 Å². The Morgan fingerprint density at radius 3 is 1.64 bits per heavy atom. The van der Waals surface area contributed by atoms with E-state index in [9.17, 15) is 52.7 Å². The number of aryl methyl sites for hydroxylation is 1. The first-order chi connectivity index (χ1) is 20.8. The maximum atomic E-state index is 14.3. The summed E-state index contributed by atoms with van der Waals surface area (Å²) in [6, 6.07) is 2.95. The van der Waals surface area contributed by atoms with Crippen molar-refractivity contribution in [3.63, 3.8) is 0 Å². The van der Waals surface area contributed by atoms with E-state index in [4.69, 9.17) is 0 Å². The molecule has 0 aliphatic carbocycles. The van der Waals surface area contributed by atoms with Gasteiger partial charge in [-0.15, -0.1) is 0 Å². The number of unbranched alkanes of at least 4 members (excludes halogenated alkanes) is 4. The molecular formula is C28H32F12N2O3. The first-order valence-corrected chi connectivity index (χ1v) is 13.9. The molecule has 0 aliphatic heterocycles. The second-order valence-electron chi connectivity index (χ2n) is 10.00. The van der Waals surface area contributed by atoms with Gasteiger partial charge in [-0.05, 0) is 49.1 Å². The average molecular weight is 673 g/mol. The number of hydrogen-bond acceptors (Lipinski definition) is 5. The zero-order valence-corrected chi connectivity index (χ0v) is 24.2. The van der Waals surface area contributed by atoms with Gasteiger partial charge in [0, 0.05) is 24.6 Å². The molecule has 0 aliphatic rings. The van der Waals surface area contributed by atoms with Crippen LogP contribution in [0.25, 0.3) is 11.4 Å². The van der Waals surface area contributed by atoms with Crippen molar-refractivity contribution in [3.8, 4) is 17.1 Å². The van der Waals surface area contributed by atoms with Crippen LogP contribution in [0.3, 0.4) is 0 Å². The molecule has 17 heteroatoms. The van der Waals surface area contributed by atoms with Gasteiger partial charge < -0.3 is 14.2 Å². The number of alkyl halides is 12. The van der Waals surface area contributed by atoms with E-state index in [2.05, 4.69) is 24.2 Å². The van der Waals surface area contributed by atoms with Gasteiger partial charge >= 0.3 is 35.9 Å². The van der Waals surface area contributed by atoms with Gasteiger partial charge in [0.15, 0.2) is 5.82 Å². The Morgan fingerprint density at radius 1 is 0.578 bits per heavy atom. The predicted octanol–water partition coefficient (Wildman–Crippen LogP) is 9.21. The number of halogens is 12. The highest BCUT2D eigenvalue weighted by atomic mass is 19.4. The van der Waals surface area contributed by atoms with Crippen LogP contribution in [0.1, 0.15) is 57.9 Å². The third-order valence-corrected chi connectivity index (χ3v) is 6.45. The van der Waals surface area contributed by atoms with Crippen molar-refractivity contribution in [3.05, 3.63) is 42.2 Å². The molecular weight excluding hydrogens is 640 g/mol. The number of ether oxygens (including phenoxy) is 3. The minimum Gasteiger partial charge on any atom is -0.428 e. The van der Waals surface area contributed by atoms with Crippen molar-refractivity contribution < 1.29 is 66.9 Å². The molecule has 0 bridgehead atoms. The van der Waals surface area contributed by atoms with Gasteiger partial charge in [0.2, 0.25) is 0 Å². The summed E-state index contributed by atoms with van der Waals surface area (Å²) in [6.45, 7) is 1.23. The van der Waals surface area contributed by atoms with Crippen molar-refractivity contribution in [1.82, 2.24) is 9.97 Å². The van der Waals surface area contributed by atoms with Crippen LogP contribution in [-0.4, -0.2) is 65.7 Å². The Bertz CT molecular complexity index is 1180. The summed E-state index contributed by atoms with van der Waals surface area (Å²) >= 11 is 0. The fourth-order valence-corrected chi connectivity index (χ4v) is 3.70. The van der Waals surface area contributed by atoms with Crippen LogP contribution in [0.4, 0.5) is 52.7 Å². The highest BCUT2D eigenvalue weighted by Gasteiger charge is 2.91. The highest BCUT2D eigenvalue weighted by molar-refractivity contribution is 5.56. The van der Waals surface area contributed by atoms with Gasteiger partial charge in [0.25, 0.3) is 0 Å². The fourth-order valence-electron chi connectivity index (χ4n) is 3.70. The zero-order chi connectivity index (χ0) is 34.2. The maximum absolute atomic E-state index is 14.3. The summed E-state index contributed by atoms with van der Waals surface area (Å²) < 4.78 is 181. The summed E-state index contributed by atoms with van der Waals surface area (Å²) in [4.78, 5) is 8.15. The van der Waals surface area contributed by atoms with E-state index in [1.54, 1.807) is 6.92 Å². The van der Waals surface area contributed by atoms with Crippen LogP contribution in [0, 0.1) is 0 Å². The molecule has 1 aromatic heterocycles. The first kappa shape index (κ1) is 38.4. The van der Waals surface area contributed by atoms with Crippen LogP contribution in [0.2, 0.25) is 0 Å². The quantitative estimate of drug-likeness (QED) is 0.104. The Hall–Kier alpha value is -2.82. The molecule has 0 saturated heterocycles. The van der Waals surface area contributed by atoms with E-state index in [1.165, 1.54) is 12.4 Å². The molecule has 2 aromatic rings. The van der Waals surface area contributed by atoms with Crippen LogP contribution in [0.15, 0.2) is 36.7 Å². The van der Waals surface area contributed by atoms with Crippen molar-refractivity contribution in [1.29, 1.82) is 0 Å². The topological polar surface area (TPSA) is 53.5 Å². The zero-order valence-electron chi connectivity index (χ0n) is 24.2. The maximum Gasteiger partial charge on any atom is 0.471 e. The molecule has 0 saturated carbocycles. The van der Waals surface area contributed by atoms with Crippen molar-refractivity contribution in [2.45, 2.75) is 94.7 Å². The molecule has 45 heavy (non-hydrogen) atoms. The van der Waals surface area contributed by atoms with Gasteiger partial charge in [-0.1, -0.05) is 39.5 Å². The molecule has 256 valence electrons. The number of aromatic nitrogens is 2. The largest absolute Gasteiger partial charge is 0.471 e. The molecule has 2 rings (SSSR count). The average Bonchev–Trinajstić information content (AvgIpc) is 2.97. The lowest BCUT2D eigenvalue weighted by Gasteiger charge is -2.40. The molecule has 0 atom stereocenters. The van der Waals surface area contributed by atoms with Crippen LogP contribution in [-0.2, 0) is 15.9 Å². The third kappa shape index (κ3) is 8.51. The van der Waals surface area contributed by atoms with E-state index >= 15 is 0 Å². The molecule has 0 N–H and O–H groups in total. The summed E-state index contributed by atoms with van der Waals surface area (Å²) in [6.07, 6.45) is -4.56. The van der Waals surface area contributed by atoms with Crippen LogP contribution in [0.5, 0.6) is 5.75 Å². The third-order valence-electron chi connectivity index (χ3n) is 6.45. The lowest BCUT2D eigenvalue weighted by molar-refractivity contribution is -0.470. The summed E-state index contributed by atoms with van der Waals surface area (Å²) in [5.74, 6) is -31.7. The standard InChI is InChI=1S/C28H32F12N2O3/c1-3-5-7-8-9-19-17-41-22(42-18-19)20-10-12-21(13-11-20)45-28(39,40)26(35,36)24(31,32)23(29,30)25(33,34)27(37,38)44-16-15-43-14-6-4-2/h10-13,17-18H,3-9,14-16H2,1-2H3. The minimum absolute atomic E-state index is 0.0417. The SMILES string of the molecule is CCCCCCc1cnc(-c2ccc(OC(F)(F)C(F)(F)C(F)(F)C(F)(F)C(F)(F)C(F)(F)OCCOCCCC)cc2)nc1. The minimum atomic E-state index is -7.80. The van der Waals surface area contributed by atoms with E-state index in [1.807, 2.05) is 6.92 Å². The Morgan fingerprint density at radius 2 is 1.11 bits per heavy atom. The van der Waals surface area contributed by atoms with Gasteiger partial charge in [0.05, 0.1) is 13.2 Å². The number of rotatable bonds is 20. The first-order valence-electron chi connectivity index (χ1n) is 13.9. The monoisotopic (exact) mass is 672 g/mol. The number of benzene rings is 1. The second-order valence-corrected chi connectivity index (χ2v) is 10.00. The Labute approximate surface area is 251 Å². The molecule has 1 aromatic carbocycles. The van der Waals surface area contributed by atoms with E-state index in [0.29, 0.717) is 31.4 Å². The normalized spacial score (nSPS) is 13.7. The molecule has 0 spiro atoms. The summed E-state index contributed by atoms with van der Waals surface area (Å²) in [5.41, 5.74) is 0.908. The highest BCUT2D eigenvalue weighted by Crippen LogP contribution is 2.60. The summed E-state index contributed by atoms with van der Waals surface area (Å²) in [5, 5.41) is 0. The van der Waals surface area contributed by atoms with Gasteiger partial charge in [-0.2, -0.15) is 52.7 Å². The van der Waals surface area contributed by atoms with Crippen molar-refractivity contribution >= 4 is 0 Å². The van der Waals surface area contributed by atoms with E-state index in [0.717, 1.165) is 43.4 Å². The molecule has 0 unspecified atom stereocenters. The van der Waals surface area contributed by atoms with E-state index < -0.39 is 54.9 Å². The van der Waals surface area contributed by atoms with Crippen LogP contribution < -0.4 is 4.74 Å². The Kier molecular flexibility index (Phi) is 12.9. The molecule has 1 heterocycles. The number of nitrogens with zero attached hydrogens (tertiary/aromatic N) is 2. The van der Waals surface area contributed by atoms with Crippen LogP contribution >= 0.6 is 0 Å². The lowest BCUT2D eigenvalue weighted by atomic mass is 9.97.